The normalized spacial score (nSPS) is 46.6. The van der Waals surface area contributed by atoms with Gasteiger partial charge in [0.25, 0.3) is 0 Å². The van der Waals surface area contributed by atoms with Gasteiger partial charge in [0, 0.05) is 5.41 Å². The van der Waals surface area contributed by atoms with Gasteiger partial charge in [-0.25, -0.2) is 0 Å². The summed E-state index contributed by atoms with van der Waals surface area (Å²) in [4.78, 5) is 0. The van der Waals surface area contributed by atoms with Crippen molar-refractivity contribution in [3.63, 3.8) is 0 Å². The van der Waals surface area contributed by atoms with Gasteiger partial charge in [-0.15, -0.1) is 0 Å². The van der Waals surface area contributed by atoms with E-state index in [-0.39, 0.29) is 5.41 Å². The molecule has 9 heavy (non-hydrogen) atoms. The topological polar surface area (TPSA) is 20.2 Å². The maximum atomic E-state index is 8.94. The van der Waals surface area contributed by atoms with E-state index in [1.54, 1.807) is 0 Å². The van der Waals surface area contributed by atoms with E-state index < -0.39 is 0 Å². The van der Waals surface area contributed by atoms with Crippen LogP contribution in [0.3, 0.4) is 0 Å². The monoisotopic (exact) mass is 124 g/mol. The zero-order valence-electron chi connectivity index (χ0n) is 5.51. The van der Waals surface area contributed by atoms with Gasteiger partial charge in [-0.2, -0.15) is 0 Å². The quantitative estimate of drug-likeness (QED) is 0.523. The van der Waals surface area contributed by atoms with E-state index in [0.29, 0.717) is 6.61 Å². The Morgan fingerprint density at radius 3 is 2.67 bits per heavy atom. The standard InChI is InChI=1S/C8H12O/c9-6-8-3-1-2-7(4-8)5-8/h1,3,7,9H,2,4-6H2. The second-order valence-corrected chi connectivity index (χ2v) is 3.43. The Hall–Kier alpha value is -0.300. The SMILES string of the molecule is OCC12C=CCC(C1)C2. The lowest BCUT2D eigenvalue weighted by atomic mass is 9.58. The minimum absolute atomic E-state index is 0.239. The number of rotatable bonds is 1. The molecule has 1 N–H and O–H groups in total. The average Bonchev–Trinajstić information content (AvgIpc) is 1.88. The summed E-state index contributed by atoms with van der Waals surface area (Å²) in [6.07, 6.45) is 8.14. The lowest BCUT2D eigenvalue weighted by molar-refractivity contribution is 0.0293. The average molecular weight is 124 g/mol. The first-order valence-corrected chi connectivity index (χ1v) is 3.63. The molecule has 0 aromatic heterocycles. The van der Waals surface area contributed by atoms with Gasteiger partial charge in [0.2, 0.25) is 0 Å². The van der Waals surface area contributed by atoms with Crippen LogP contribution in [0.15, 0.2) is 12.2 Å². The van der Waals surface area contributed by atoms with E-state index in [9.17, 15) is 0 Å². The van der Waals surface area contributed by atoms with Crippen molar-refractivity contribution in [2.45, 2.75) is 19.3 Å². The van der Waals surface area contributed by atoms with Crippen molar-refractivity contribution in [1.82, 2.24) is 0 Å². The fraction of sp³-hybridized carbons (Fsp3) is 0.750. The van der Waals surface area contributed by atoms with E-state index >= 15 is 0 Å². The van der Waals surface area contributed by atoms with Gasteiger partial charge in [0.15, 0.2) is 0 Å². The molecule has 1 nitrogen and oxygen atoms in total. The van der Waals surface area contributed by atoms with Crippen LogP contribution >= 0.6 is 0 Å². The molecule has 3 rings (SSSR count). The molecule has 3 aliphatic carbocycles. The fourth-order valence-electron chi connectivity index (χ4n) is 2.09. The Morgan fingerprint density at radius 2 is 2.33 bits per heavy atom. The van der Waals surface area contributed by atoms with Crippen LogP contribution in [0, 0.1) is 11.3 Å². The molecule has 0 saturated heterocycles. The Labute approximate surface area is 55.4 Å². The zero-order chi connectivity index (χ0) is 6.32. The van der Waals surface area contributed by atoms with Gasteiger partial charge in [0.05, 0.1) is 6.61 Å². The lowest BCUT2D eigenvalue weighted by Gasteiger charge is -2.47. The third-order valence-corrected chi connectivity index (χ3v) is 2.65. The molecule has 0 atom stereocenters. The molecule has 0 amide bonds. The van der Waals surface area contributed by atoms with Crippen molar-refractivity contribution in [2.75, 3.05) is 6.61 Å². The maximum absolute atomic E-state index is 8.94. The first-order chi connectivity index (χ1) is 4.35. The Morgan fingerprint density at radius 1 is 1.56 bits per heavy atom. The summed E-state index contributed by atoms with van der Waals surface area (Å²) < 4.78 is 0. The van der Waals surface area contributed by atoms with Gasteiger partial charge >= 0.3 is 0 Å². The molecule has 1 fully saturated rings. The highest BCUT2D eigenvalue weighted by atomic mass is 16.3. The molecule has 0 aliphatic heterocycles. The van der Waals surface area contributed by atoms with E-state index in [1.807, 2.05) is 0 Å². The summed E-state index contributed by atoms with van der Waals surface area (Å²) in [5, 5.41) is 8.94. The van der Waals surface area contributed by atoms with E-state index in [0.717, 1.165) is 5.92 Å². The van der Waals surface area contributed by atoms with Crippen LogP contribution in [0.1, 0.15) is 19.3 Å². The van der Waals surface area contributed by atoms with Crippen molar-refractivity contribution in [3.8, 4) is 0 Å². The van der Waals surface area contributed by atoms with Crippen molar-refractivity contribution < 1.29 is 5.11 Å². The molecule has 0 radical (unpaired) electrons. The second kappa shape index (κ2) is 1.60. The van der Waals surface area contributed by atoms with Crippen molar-refractivity contribution in [1.29, 1.82) is 0 Å². The predicted molar refractivity (Wildman–Crippen MR) is 36.0 cm³/mol. The number of aliphatic hydroxyl groups is 1. The number of fused-ring (bicyclic) bond motifs is 1. The third-order valence-electron chi connectivity index (χ3n) is 2.65. The summed E-state index contributed by atoms with van der Waals surface area (Å²) in [6.45, 7) is 0.361. The zero-order valence-corrected chi connectivity index (χ0v) is 5.51. The van der Waals surface area contributed by atoms with Gasteiger partial charge in [0.1, 0.15) is 0 Å². The molecular formula is C8H12O. The highest BCUT2D eigenvalue weighted by Gasteiger charge is 2.43. The molecule has 0 aromatic carbocycles. The molecule has 1 heteroatoms. The van der Waals surface area contributed by atoms with Crippen LogP contribution in [-0.4, -0.2) is 11.7 Å². The van der Waals surface area contributed by atoms with Gasteiger partial charge in [-0.05, 0) is 25.2 Å². The molecule has 0 heterocycles. The summed E-state index contributed by atoms with van der Waals surface area (Å²) in [6, 6.07) is 0. The summed E-state index contributed by atoms with van der Waals surface area (Å²) in [5.74, 6) is 0.905. The molecule has 2 bridgehead atoms. The number of aliphatic hydroxyl groups excluding tert-OH is 1. The highest BCUT2D eigenvalue weighted by Crippen LogP contribution is 2.51. The third kappa shape index (κ3) is 0.645. The van der Waals surface area contributed by atoms with Crippen LogP contribution < -0.4 is 0 Å². The summed E-state index contributed by atoms with van der Waals surface area (Å²) >= 11 is 0. The van der Waals surface area contributed by atoms with E-state index in [1.165, 1.54) is 19.3 Å². The van der Waals surface area contributed by atoms with Gasteiger partial charge in [-0.1, -0.05) is 12.2 Å². The smallest absolute Gasteiger partial charge is 0.0522 e. The van der Waals surface area contributed by atoms with Crippen LogP contribution in [0.5, 0.6) is 0 Å². The number of hydrogen-bond acceptors (Lipinski definition) is 1. The Balaban J connectivity index is 2.17. The minimum atomic E-state index is 0.239. The maximum Gasteiger partial charge on any atom is 0.0522 e. The van der Waals surface area contributed by atoms with Crippen molar-refractivity contribution in [3.05, 3.63) is 12.2 Å². The summed E-state index contributed by atoms with van der Waals surface area (Å²) in [7, 11) is 0. The fourth-order valence-corrected chi connectivity index (χ4v) is 2.09. The molecule has 0 aromatic rings. The molecule has 0 unspecified atom stereocenters. The molecule has 1 saturated carbocycles. The highest BCUT2D eigenvalue weighted by molar-refractivity contribution is 5.13. The number of hydrogen-bond donors (Lipinski definition) is 1. The van der Waals surface area contributed by atoms with E-state index in [4.69, 9.17) is 5.11 Å². The molecular weight excluding hydrogens is 112 g/mol. The predicted octanol–water partition coefficient (Wildman–Crippen LogP) is 1.33. The Bertz CT molecular complexity index is 143. The van der Waals surface area contributed by atoms with Gasteiger partial charge in [-0.3, -0.25) is 0 Å². The second-order valence-electron chi connectivity index (χ2n) is 3.43. The molecule has 0 spiro atoms. The van der Waals surface area contributed by atoms with Crippen LogP contribution in [0.4, 0.5) is 0 Å². The first-order valence-electron chi connectivity index (χ1n) is 3.63. The van der Waals surface area contributed by atoms with Crippen molar-refractivity contribution in [2.24, 2.45) is 11.3 Å². The Kier molecular flexibility index (Phi) is 0.974. The van der Waals surface area contributed by atoms with Crippen LogP contribution in [0.25, 0.3) is 0 Å². The van der Waals surface area contributed by atoms with Crippen LogP contribution in [-0.2, 0) is 0 Å². The number of allylic oxidation sites excluding steroid dienone is 1. The minimum Gasteiger partial charge on any atom is -0.395 e. The summed E-state index contributed by atoms with van der Waals surface area (Å²) in [5.41, 5.74) is 0.239. The first kappa shape index (κ1) is 5.48. The molecule has 50 valence electrons. The largest absolute Gasteiger partial charge is 0.395 e. The van der Waals surface area contributed by atoms with Crippen molar-refractivity contribution >= 4 is 0 Å². The van der Waals surface area contributed by atoms with Crippen LogP contribution in [0.2, 0.25) is 0 Å². The lowest BCUT2D eigenvalue weighted by Crippen LogP contribution is -2.40. The molecule has 3 aliphatic rings. The van der Waals surface area contributed by atoms with Gasteiger partial charge < -0.3 is 5.11 Å². The van der Waals surface area contributed by atoms with E-state index in [2.05, 4.69) is 12.2 Å².